The van der Waals surface area contributed by atoms with Gasteiger partial charge >= 0.3 is 0 Å². The number of hydrogen-bond donors (Lipinski definition) is 0. The normalized spacial score (nSPS) is 11.7. The molecule has 0 bridgehead atoms. The van der Waals surface area contributed by atoms with Gasteiger partial charge in [0.25, 0.3) is 0 Å². The first-order valence-electron chi connectivity index (χ1n) is 3.49. The maximum absolute atomic E-state index is 3.80. The lowest BCUT2D eigenvalue weighted by atomic mass is 10.1. The molecule has 0 aromatic rings. The number of allylic oxidation sites excluding steroid dienone is 3. The van der Waals surface area contributed by atoms with E-state index >= 15 is 0 Å². The highest BCUT2D eigenvalue weighted by molar-refractivity contribution is 5.16. The van der Waals surface area contributed by atoms with Crippen LogP contribution in [-0.4, -0.2) is 0 Å². The molecule has 0 aliphatic carbocycles. The first kappa shape index (κ1) is 8.48. The summed E-state index contributed by atoms with van der Waals surface area (Å²) in [4.78, 5) is 0. The third kappa shape index (κ3) is 5.35. The maximum Gasteiger partial charge on any atom is -0.0322 e. The Morgan fingerprint density at radius 2 is 2.00 bits per heavy atom. The Kier molecular flexibility index (Phi) is 4.12. The van der Waals surface area contributed by atoms with Gasteiger partial charge in [-0.15, -0.1) is 0 Å². The molecule has 0 saturated heterocycles. The van der Waals surface area contributed by atoms with Crippen LogP contribution in [0.5, 0.6) is 0 Å². The molecule has 0 saturated carbocycles. The van der Waals surface area contributed by atoms with Gasteiger partial charge in [-0.3, -0.25) is 0 Å². The third-order valence-corrected chi connectivity index (χ3v) is 1.14. The van der Waals surface area contributed by atoms with Crippen LogP contribution in [0, 0.1) is 0 Å². The van der Waals surface area contributed by atoms with Crippen molar-refractivity contribution in [1.29, 1.82) is 0 Å². The minimum absolute atomic E-state index is 1.15. The summed E-state index contributed by atoms with van der Waals surface area (Å²) >= 11 is 0. The van der Waals surface area contributed by atoms with Crippen LogP contribution >= 0.6 is 0 Å². The summed E-state index contributed by atoms with van der Waals surface area (Å²) < 4.78 is 0. The van der Waals surface area contributed by atoms with Gasteiger partial charge < -0.3 is 0 Å². The summed E-state index contributed by atoms with van der Waals surface area (Å²) in [7, 11) is 0. The minimum atomic E-state index is 1.15. The summed E-state index contributed by atoms with van der Waals surface area (Å²) in [6, 6.07) is 0. The highest BCUT2D eigenvalue weighted by atomic mass is 13.9. The molecule has 0 N–H and O–H groups in total. The molecule has 0 atom stereocenters. The van der Waals surface area contributed by atoms with Crippen LogP contribution < -0.4 is 0 Å². The first-order valence-corrected chi connectivity index (χ1v) is 3.49. The van der Waals surface area contributed by atoms with E-state index in [1.807, 2.05) is 6.92 Å². The van der Waals surface area contributed by atoms with Gasteiger partial charge in [-0.25, -0.2) is 0 Å². The van der Waals surface area contributed by atoms with Gasteiger partial charge in [0, 0.05) is 0 Å². The Morgan fingerprint density at radius 3 is 2.33 bits per heavy atom. The van der Waals surface area contributed by atoms with Crippen molar-refractivity contribution in [2.75, 3.05) is 0 Å². The van der Waals surface area contributed by atoms with Gasteiger partial charge in [-0.05, 0) is 20.3 Å². The van der Waals surface area contributed by atoms with Gasteiger partial charge in [0.1, 0.15) is 0 Å². The molecule has 0 unspecified atom stereocenters. The molecule has 0 aromatic carbocycles. The van der Waals surface area contributed by atoms with E-state index in [-0.39, 0.29) is 0 Å². The topological polar surface area (TPSA) is 0 Å². The smallest absolute Gasteiger partial charge is 0.0322 e. The minimum Gasteiger partial charge on any atom is -0.0961 e. The monoisotopic (exact) mass is 124 g/mol. The van der Waals surface area contributed by atoms with Gasteiger partial charge in [0.2, 0.25) is 0 Å². The molecule has 0 fully saturated rings. The summed E-state index contributed by atoms with van der Waals surface area (Å²) in [6.07, 6.45) is 4.58. The van der Waals surface area contributed by atoms with Gasteiger partial charge in [-0.1, -0.05) is 37.1 Å². The number of hydrogen-bond acceptors (Lipinski definition) is 0. The second-order valence-corrected chi connectivity index (χ2v) is 2.59. The van der Waals surface area contributed by atoms with E-state index < -0.39 is 0 Å². The molecule has 0 aromatic heterocycles. The van der Waals surface area contributed by atoms with Crippen molar-refractivity contribution in [3.05, 3.63) is 23.8 Å². The number of rotatable bonds is 3. The molecular weight excluding hydrogens is 108 g/mol. The fourth-order valence-electron chi connectivity index (χ4n) is 0.887. The average Bonchev–Trinajstić information content (AvgIpc) is 1.63. The predicted octanol–water partition coefficient (Wildman–Crippen LogP) is 3.31. The highest BCUT2D eigenvalue weighted by Crippen LogP contribution is 2.05. The summed E-state index contributed by atoms with van der Waals surface area (Å²) in [5.41, 5.74) is 2.59. The van der Waals surface area contributed by atoms with Crippen LogP contribution in [0.1, 0.15) is 33.6 Å². The van der Waals surface area contributed by atoms with Crippen LogP contribution in [0.3, 0.4) is 0 Å². The fraction of sp³-hybridized carbons (Fsp3) is 0.556. The SMILES string of the molecule is C=C(C)C=C(C)CCC. The van der Waals surface area contributed by atoms with Crippen molar-refractivity contribution in [2.45, 2.75) is 33.6 Å². The maximum atomic E-state index is 3.80. The van der Waals surface area contributed by atoms with E-state index in [1.54, 1.807) is 0 Å². The molecule has 0 amide bonds. The summed E-state index contributed by atoms with van der Waals surface area (Å²) in [6.45, 7) is 10.2. The molecule has 0 spiro atoms. The summed E-state index contributed by atoms with van der Waals surface area (Å²) in [5.74, 6) is 0. The first-order chi connectivity index (χ1) is 4.16. The Hall–Kier alpha value is -0.520. The van der Waals surface area contributed by atoms with Crippen molar-refractivity contribution in [2.24, 2.45) is 0 Å². The second-order valence-electron chi connectivity index (χ2n) is 2.59. The van der Waals surface area contributed by atoms with E-state index in [2.05, 4.69) is 26.5 Å². The zero-order chi connectivity index (χ0) is 7.28. The molecule has 52 valence electrons. The largest absolute Gasteiger partial charge is 0.0961 e. The molecule has 0 heteroatoms. The zero-order valence-electron chi connectivity index (χ0n) is 6.70. The predicted molar refractivity (Wildman–Crippen MR) is 43.5 cm³/mol. The zero-order valence-corrected chi connectivity index (χ0v) is 6.70. The third-order valence-electron chi connectivity index (χ3n) is 1.14. The molecule has 0 aliphatic heterocycles. The van der Waals surface area contributed by atoms with Crippen LogP contribution in [-0.2, 0) is 0 Å². The van der Waals surface area contributed by atoms with E-state index in [1.165, 1.54) is 18.4 Å². The van der Waals surface area contributed by atoms with Crippen LogP contribution in [0.4, 0.5) is 0 Å². The van der Waals surface area contributed by atoms with Crippen LogP contribution in [0.15, 0.2) is 23.8 Å². The summed E-state index contributed by atoms with van der Waals surface area (Å²) in [5, 5.41) is 0. The Labute approximate surface area is 58.3 Å². The molecular formula is C9H16. The van der Waals surface area contributed by atoms with E-state index in [9.17, 15) is 0 Å². The quantitative estimate of drug-likeness (QED) is 0.506. The molecule has 0 aliphatic rings. The Balaban J connectivity index is 3.69. The Bertz CT molecular complexity index is 118. The van der Waals surface area contributed by atoms with Gasteiger partial charge in [0.15, 0.2) is 0 Å². The molecule has 0 heterocycles. The van der Waals surface area contributed by atoms with E-state index in [0.29, 0.717) is 0 Å². The second kappa shape index (κ2) is 4.37. The van der Waals surface area contributed by atoms with Crippen molar-refractivity contribution in [3.63, 3.8) is 0 Å². The molecule has 0 rings (SSSR count). The van der Waals surface area contributed by atoms with Crippen LogP contribution in [0.25, 0.3) is 0 Å². The molecule has 0 nitrogen and oxygen atoms in total. The fourth-order valence-corrected chi connectivity index (χ4v) is 0.887. The van der Waals surface area contributed by atoms with Crippen LogP contribution in [0.2, 0.25) is 0 Å². The van der Waals surface area contributed by atoms with Crippen molar-refractivity contribution in [1.82, 2.24) is 0 Å². The van der Waals surface area contributed by atoms with Crippen molar-refractivity contribution in [3.8, 4) is 0 Å². The Morgan fingerprint density at radius 1 is 1.44 bits per heavy atom. The average molecular weight is 124 g/mol. The van der Waals surface area contributed by atoms with E-state index in [0.717, 1.165) is 5.57 Å². The highest BCUT2D eigenvalue weighted by Gasteiger charge is 1.84. The molecule has 0 radical (unpaired) electrons. The lowest BCUT2D eigenvalue weighted by Gasteiger charge is -1.95. The lowest BCUT2D eigenvalue weighted by Crippen LogP contribution is -1.74. The van der Waals surface area contributed by atoms with E-state index in [4.69, 9.17) is 0 Å². The molecule has 9 heavy (non-hydrogen) atoms. The van der Waals surface area contributed by atoms with Crippen molar-refractivity contribution < 1.29 is 0 Å². The van der Waals surface area contributed by atoms with Crippen molar-refractivity contribution >= 4 is 0 Å². The van der Waals surface area contributed by atoms with Gasteiger partial charge in [-0.2, -0.15) is 0 Å². The lowest BCUT2D eigenvalue weighted by molar-refractivity contribution is 0.904. The van der Waals surface area contributed by atoms with Gasteiger partial charge in [0.05, 0.1) is 0 Å². The standard InChI is InChI=1S/C9H16/c1-5-6-9(4)7-8(2)3/h7H,2,5-6H2,1,3-4H3.